The lowest BCUT2D eigenvalue weighted by atomic mass is 9.78. The minimum atomic E-state index is -0.576. The lowest BCUT2D eigenvalue weighted by Gasteiger charge is -2.43. The molecule has 3 atom stereocenters. The summed E-state index contributed by atoms with van der Waals surface area (Å²) < 4.78 is 0. The molecule has 0 saturated carbocycles. The fraction of sp³-hybridized carbons (Fsp3) is 0.321. The number of benzene rings is 3. The molecule has 3 nitrogen and oxygen atoms in total. The van der Waals surface area contributed by atoms with Gasteiger partial charge in [-0.3, -0.25) is 4.79 Å². The van der Waals surface area contributed by atoms with Crippen LogP contribution in [0.3, 0.4) is 0 Å². The Morgan fingerprint density at radius 1 is 1.00 bits per heavy atom. The average molecular weight is 516 g/mol. The largest absolute Gasteiger partial charge is 0.363 e. The van der Waals surface area contributed by atoms with Crippen LogP contribution in [0.25, 0.3) is 0 Å². The molecule has 0 radical (unpaired) electrons. The molecule has 3 aromatic carbocycles. The number of hydrogen-bond acceptors (Lipinski definition) is 2. The van der Waals surface area contributed by atoms with Crippen molar-refractivity contribution in [1.29, 1.82) is 0 Å². The van der Waals surface area contributed by atoms with Crippen molar-refractivity contribution in [2.24, 2.45) is 0 Å². The van der Waals surface area contributed by atoms with Crippen LogP contribution in [0.15, 0.2) is 72.8 Å². The van der Waals surface area contributed by atoms with E-state index in [0.717, 1.165) is 42.6 Å². The second kappa shape index (κ2) is 10.6. The number of carbonyl (C=O) groups excluding carboxylic acids is 1. The first-order valence-electron chi connectivity index (χ1n) is 11.7. The Hall–Kier alpha value is -2.20. The van der Waals surface area contributed by atoms with E-state index in [4.69, 9.17) is 34.8 Å². The summed E-state index contributed by atoms with van der Waals surface area (Å²) in [4.78, 5) is 15.8. The third kappa shape index (κ3) is 5.22. The van der Waals surface area contributed by atoms with Crippen molar-refractivity contribution in [1.82, 2.24) is 5.32 Å². The molecule has 4 rings (SSSR count). The average Bonchev–Trinajstić information content (AvgIpc) is 2.85. The molecule has 0 aromatic heterocycles. The van der Waals surface area contributed by atoms with Gasteiger partial charge >= 0.3 is 0 Å². The normalized spacial score (nSPS) is 20.0. The summed E-state index contributed by atoms with van der Waals surface area (Å²) in [7, 11) is 0. The smallest absolute Gasteiger partial charge is 0.230 e. The van der Waals surface area contributed by atoms with Gasteiger partial charge in [-0.1, -0.05) is 84.2 Å². The van der Waals surface area contributed by atoms with Gasteiger partial charge < -0.3 is 10.2 Å². The van der Waals surface area contributed by atoms with Crippen molar-refractivity contribution < 1.29 is 4.79 Å². The lowest BCUT2D eigenvalue weighted by Crippen LogP contribution is -2.51. The molecule has 1 saturated heterocycles. The molecule has 178 valence electrons. The summed E-state index contributed by atoms with van der Waals surface area (Å²) in [6.07, 6.45) is 2.31. The van der Waals surface area contributed by atoms with Crippen LogP contribution in [0.2, 0.25) is 15.1 Å². The van der Waals surface area contributed by atoms with Gasteiger partial charge in [-0.25, -0.2) is 0 Å². The van der Waals surface area contributed by atoms with Gasteiger partial charge in [0, 0.05) is 22.6 Å². The molecule has 1 fully saturated rings. The minimum absolute atomic E-state index is 0.0413. The summed E-state index contributed by atoms with van der Waals surface area (Å²) in [5.41, 5.74) is 2.54. The fourth-order valence-corrected chi connectivity index (χ4v) is 5.39. The van der Waals surface area contributed by atoms with Gasteiger partial charge in [0.15, 0.2) is 0 Å². The van der Waals surface area contributed by atoms with Crippen molar-refractivity contribution in [3.63, 3.8) is 0 Å². The highest BCUT2D eigenvalue weighted by molar-refractivity contribution is 6.36. The van der Waals surface area contributed by atoms with E-state index in [0.29, 0.717) is 15.1 Å². The van der Waals surface area contributed by atoms with Gasteiger partial charge in [-0.15, -0.1) is 0 Å². The lowest BCUT2D eigenvalue weighted by molar-refractivity contribution is -0.127. The molecule has 1 N–H and O–H groups in total. The Bertz CT molecular complexity index is 1140. The molecule has 1 aliphatic heterocycles. The zero-order chi connectivity index (χ0) is 24.3. The minimum Gasteiger partial charge on any atom is -0.363 e. The zero-order valence-corrected chi connectivity index (χ0v) is 21.7. The maximum absolute atomic E-state index is 13.5. The first-order valence-corrected chi connectivity index (χ1v) is 12.8. The summed E-state index contributed by atoms with van der Waals surface area (Å²) in [6.45, 7) is 4.85. The van der Waals surface area contributed by atoms with Gasteiger partial charge in [-0.05, 0) is 67.6 Å². The summed E-state index contributed by atoms with van der Waals surface area (Å²) in [5.74, 6) is 0.0685. The summed E-state index contributed by atoms with van der Waals surface area (Å²) in [6, 6.07) is 23.6. The zero-order valence-electron chi connectivity index (χ0n) is 19.4. The van der Waals surface area contributed by atoms with Crippen LogP contribution in [0.4, 0.5) is 5.69 Å². The van der Waals surface area contributed by atoms with Crippen LogP contribution < -0.4 is 10.2 Å². The number of anilines is 1. The Morgan fingerprint density at radius 3 is 2.32 bits per heavy atom. The van der Waals surface area contributed by atoms with E-state index in [9.17, 15) is 4.79 Å². The predicted octanol–water partition coefficient (Wildman–Crippen LogP) is 7.84. The predicted molar refractivity (Wildman–Crippen MR) is 143 cm³/mol. The van der Waals surface area contributed by atoms with E-state index >= 15 is 0 Å². The monoisotopic (exact) mass is 514 g/mol. The topological polar surface area (TPSA) is 32.3 Å². The SMILES string of the molecule is CCC(C)(C(=O)NC1CCN(c2ccc(Cl)cc2Cl)C(c2ccc(Cl)cc2)C1)c1ccccc1. The highest BCUT2D eigenvalue weighted by Gasteiger charge is 2.37. The maximum atomic E-state index is 13.5. The van der Waals surface area contributed by atoms with Gasteiger partial charge in [-0.2, -0.15) is 0 Å². The number of piperidine rings is 1. The maximum Gasteiger partial charge on any atom is 0.230 e. The Labute approximate surface area is 217 Å². The van der Waals surface area contributed by atoms with E-state index in [1.54, 1.807) is 6.07 Å². The number of rotatable bonds is 6. The quantitative estimate of drug-likeness (QED) is 0.362. The molecule has 1 heterocycles. The second-order valence-electron chi connectivity index (χ2n) is 9.10. The Kier molecular flexibility index (Phi) is 7.77. The standard InChI is InChI=1S/C28H29Cl3N2O/c1-3-28(2,20-7-5-4-6-8-20)27(34)32-23-15-16-33(25-14-13-22(30)17-24(25)31)26(18-23)19-9-11-21(29)12-10-19/h4-14,17,23,26H,3,15-16,18H2,1-2H3,(H,32,34). The first kappa shape index (κ1) is 24.9. The molecule has 0 aliphatic carbocycles. The van der Waals surface area contributed by atoms with Crippen molar-refractivity contribution >= 4 is 46.4 Å². The van der Waals surface area contributed by atoms with Crippen molar-refractivity contribution in [3.05, 3.63) is 99.0 Å². The molecule has 0 spiro atoms. The molecular weight excluding hydrogens is 487 g/mol. The summed E-state index contributed by atoms with van der Waals surface area (Å²) in [5, 5.41) is 5.30. The van der Waals surface area contributed by atoms with Crippen LogP contribution >= 0.6 is 34.8 Å². The first-order chi connectivity index (χ1) is 16.3. The molecule has 0 bridgehead atoms. The van der Waals surface area contributed by atoms with E-state index in [1.807, 2.05) is 73.7 Å². The molecule has 3 aromatic rings. The van der Waals surface area contributed by atoms with Crippen molar-refractivity contribution in [2.75, 3.05) is 11.4 Å². The number of hydrogen-bond donors (Lipinski definition) is 1. The van der Waals surface area contributed by atoms with Gasteiger partial charge in [0.25, 0.3) is 0 Å². The second-order valence-corrected chi connectivity index (χ2v) is 10.4. The third-order valence-electron chi connectivity index (χ3n) is 7.03. The van der Waals surface area contributed by atoms with Crippen LogP contribution in [0.5, 0.6) is 0 Å². The number of carbonyl (C=O) groups is 1. The summed E-state index contributed by atoms with van der Waals surface area (Å²) >= 11 is 18.9. The van der Waals surface area contributed by atoms with E-state index in [-0.39, 0.29) is 18.0 Å². The van der Waals surface area contributed by atoms with E-state index in [1.165, 1.54) is 0 Å². The number of nitrogens with zero attached hydrogens (tertiary/aromatic N) is 1. The molecular formula is C28H29Cl3N2O. The van der Waals surface area contributed by atoms with E-state index < -0.39 is 5.41 Å². The van der Waals surface area contributed by atoms with Crippen LogP contribution in [0, 0.1) is 0 Å². The van der Waals surface area contributed by atoms with Crippen LogP contribution in [-0.4, -0.2) is 18.5 Å². The highest BCUT2D eigenvalue weighted by Crippen LogP contribution is 2.40. The Morgan fingerprint density at radius 2 is 1.68 bits per heavy atom. The van der Waals surface area contributed by atoms with Gasteiger partial charge in [0.05, 0.1) is 22.2 Å². The Balaban J connectivity index is 1.60. The fourth-order valence-electron chi connectivity index (χ4n) is 4.75. The third-order valence-corrected chi connectivity index (χ3v) is 7.82. The molecule has 1 amide bonds. The van der Waals surface area contributed by atoms with Gasteiger partial charge in [0.1, 0.15) is 0 Å². The van der Waals surface area contributed by atoms with Gasteiger partial charge in [0.2, 0.25) is 5.91 Å². The number of amides is 1. The molecule has 1 aliphatic rings. The van der Waals surface area contributed by atoms with Crippen molar-refractivity contribution in [2.45, 2.75) is 50.6 Å². The molecule has 6 heteroatoms. The number of halogens is 3. The van der Waals surface area contributed by atoms with Crippen LogP contribution in [-0.2, 0) is 10.2 Å². The molecule has 3 unspecified atom stereocenters. The highest BCUT2D eigenvalue weighted by atomic mass is 35.5. The number of nitrogens with one attached hydrogen (secondary N) is 1. The van der Waals surface area contributed by atoms with Crippen LogP contribution in [0.1, 0.15) is 50.3 Å². The van der Waals surface area contributed by atoms with E-state index in [2.05, 4.69) is 17.1 Å². The van der Waals surface area contributed by atoms with Crippen molar-refractivity contribution in [3.8, 4) is 0 Å². The molecule has 34 heavy (non-hydrogen) atoms.